The van der Waals surface area contributed by atoms with E-state index >= 15 is 0 Å². The van der Waals surface area contributed by atoms with Crippen molar-refractivity contribution in [2.45, 2.75) is 19.8 Å². The van der Waals surface area contributed by atoms with Crippen LogP contribution in [-0.2, 0) is 36.1 Å². The monoisotopic (exact) mass is 175 g/mol. The second-order valence-electron chi connectivity index (χ2n) is 1.32. The molecule has 0 heterocycles. The predicted octanol–water partition coefficient (Wildman–Crippen LogP) is 0.365. The number of carbonyl (C=O) groups excluding carboxylic acids is 1. The minimum atomic E-state index is 0.185. The third-order valence-electron chi connectivity index (χ3n) is 0.638. The molecule has 2 nitrogen and oxygen atoms in total. The van der Waals surface area contributed by atoms with Gasteiger partial charge in [0.2, 0.25) is 0 Å². The van der Waals surface area contributed by atoms with Gasteiger partial charge in [0.25, 0.3) is 0 Å². The molecule has 0 aliphatic heterocycles. The summed E-state index contributed by atoms with van der Waals surface area (Å²) < 4.78 is 2.66. The van der Waals surface area contributed by atoms with Crippen molar-refractivity contribution in [2.75, 3.05) is 0 Å². The number of nitrogens with one attached hydrogen (secondary N) is 1. The summed E-state index contributed by atoms with van der Waals surface area (Å²) in [6.45, 7) is 2.00. The Labute approximate surface area is 64.0 Å². The maximum atomic E-state index is 10.3. The van der Waals surface area contributed by atoms with Crippen LogP contribution in [0.3, 0.4) is 0 Å². The Morgan fingerprint density at radius 1 is 1.86 bits per heavy atom. The van der Waals surface area contributed by atoms with E-state index in [4.69, 9.17) is 0 Å². The van der Waals surface area contributed by atoms with Crippen molar-refractivity contribution in [1.29, 1.82) is 0 Å². The molecule has 0 aromatic rings. The molecule has 0 aliphatic rings. The minimum absolute atomic E-state index is 0.185. The zero-order valence-corrected chi connectivity index (χ0v) is 7.24. The van der Waals surface area contributed by atoms with E-state index in [1.165, 1.54) is 0 Å². The van der Waals surface area contributed by atoms with Crippen molar-refractivity contribution >= 4 is 5.91 Å². The first-order valence-corrected chi connectivity index (χ1v) is 3.72. The molecule has 0 aromatic heterocycles. The quantitative estimate of drug-likeness (QED) is 0.645. The van der Waals surface area contributed by atoms with E-state index in [-0.39, 0.29) is 5.91 Å². The first kappa shape index (κ1) is 7.57. The molecule has 0 rings (SSSR count). The van der Waals surface area contributed by atoms with E-state index in [1.54, 1.807) is 0 Å². The Hall–Kier alpha value is 0.574. The number of carbonyl (C=O) groups is 1. The van der Waals surface area contributed by atoms with Gasteiger partial charge in [-0.3, -0.25) is 0 Å². The van der Waals surface area contributed by atoms with Gasteiger partial charge in [-0.05, 0) is 0 Å². The van der Waals surface area contributed by atoms with Gasteiger partial charge in [-0.1, -0.05) is 0 Å². The Morgan fingerprint density at radius 3 is 2.57 bits per heavy atom. The van der Waals surface area contributed by atoms with Crippen LogP contribution >= 0.6 is 0 Å². The van der Waals surface area contributed by atoms with Gasteiger partial charge in [0.05, 0.1) is 0 Å². The van der Waals surface area contributed by atoms with Gasteiger partial charge >= 0.3 is 64.2 Å². The van der Waals surface area contributed by atoms with Crippen LogP contribution in [0.25, 0.3) is 0 Å². The number of hydrogen-bond donors (Lipinski definition) is 1. The molecular formula is C4H8NOY. The molecule has 0 atom stereocenters. The van der Waals surface area contributed by atoms with E-state index < -0.39 is 0 Å². The number of rotatable bonds is 2. The molecule has 0 saturated heterocycles. The third-order valence-corrected chi connectivity index (χ3v) is 1.43. The number of hydrogen-bond acceptors (Lipinski definition) is 1. The van der Waals surface area contributed by atoms with Crippen LogP contribution in [0.2, 0.25) is 0 Å². The average Bonchev–Trinajstić information content (AvgIpc) is 1.68. The zero-order valence-electron chi connectivity index (χ0n) is 4.40. The molecule has 0 aromatic carbocycles. The van der Waals surface area contributed by atoms with Crippen LogP contribution in [0.4, 0.5) is 0 Å². The van der Waals surface area contributed by atoms with Crippen LogP contribution in [0.15, 0.2) is 0 Å². The molecule has 0 spiro atoms. The molecule has 0 bridgehead atoms. The van der Waals surface area contributed by atoms with E-state index in [0.717, 1.165) is 37.7 Å². The predicted molar refractivity (Wildman–Crippen MR) is 23.1 cm³/mol. The van der Waals surface area contributed by atoms with Gasteiger partial charge in [-0.15, -0.1) is 0 Å². The summed E-state index contributed by atoms with van der Waals surface area (Å²) in [6, 6.07) is 0. The van der Waals surface area contributed by atoms with Crippen molar-refractivity contribution < 1.29 is 36.1 Å². The fourth-order valence-electron chi connectivity index (χ4n) is 0.299. The molecule has 0 fully saturated rings. The molecule has 0 aliphatic carbocycles. The molecule has 0 radical (unpaired) electrons. The summed E-state index contributed by atoms with van der Waals surface area (Å²) in [7, 11) is 0. The van der Waals surface area contributed by atoms with E-state index in [0.29, 0.717) is 6.42 Å². The van der Waals surface area contributed by atoms with Crippen molar-refractivity contribution in [2.24, 2.45) is 0 Å². The maximum absolute atomic E-state index is 10.3. The molecule has 3 heteroatoms. The van der Waals surface area contributed by atoms with Crippen molar-refractivity contribution in [3.05, 3.63) is 0 Å². The number of amides is 1. The van der Waals surface area contributed by atoms with Crippen molar-refractivity contribution in [1.82, 2.24) is 2.45 Å². The fraction of sp³-hybridized carbons (Fsp3) is 0.750. The van der Waals surface area contributed by atoms with Crippen LogP contribution in [0.5, 0.6) is 0 Å². The zero-order chi connectivity index (χ0) is 5.70. The van der Waals surface area contributed by atoms with Crippen LogP contribution in [0.1, 0.15) is 19.8 Å². The van der Waals surface area contributed by atoms with Crippen LogP contribution < -0.4 is 2.45 Å². The van der Waals surface area contributed by atoms with Gasteiger partial charge in [-0.2, -0.15) is 0 Å². The van der Waals surface area contributed by atoms with Gasteiger partial charge in [0, 0.05) is 0 Å². The molecule has 38 valence electrons. The van der Waals surface area contributed by atoms with Crippen LogP contribution in [0, 0.1) is 0 Å². The molecule has 7 heavy (non-hydrogen) atoms. The Morgan fingerprint density at radius 2 is 2.43 bits per heavy atom. The second-order valence-corrected chi connectivity index (χ2v) is 2.03. The average molecular weight is 175 g/mol. The first-order valence-electron chi connectivity index (χ1n) is 2.30. The summed E-state index contributed by atoms with van der Waals surface area (Å²) in [6.07, 6.45) is 1.63. The second kappa shape index (κ2) is 4.73. The summed E-state index contributed by atoms with van der Waals surface area (Å²) in [5, 5.41) is 0. The van der Waals surface area contributed by atoms with E-state index in [9.17, 15) is 4.79 Å². The SMILES string of the molecule is CCCC(=O)[NH][Y]. The van der Waals surface area contributed by atoms with Crippen LogP contribution in [-0.4, -0.2) is 5.91 Å². The first-order chi connectivity index (χ1) is 3.31. The molecule has 1 amide bonds. The van der Waals surface area contributed by atoms with Gasteiger partial charge < -0.3 is 0 Å². The van der Waals surface area contributed by atoms with E-state index in [2.05, 4.69) is 2.45 Å². The van der Waals surface area contributed by atoms with Crippen molar-refractivity contribution in [3.8, 4) is 0 Å². The normalized spacial score (nSPS) is 8.00. The summed E-state index contributed by atoms with van der Waals surface area (Å²) >= 11 is 0.843. The van der Waals surface area contributed by atoms with Crippen molar-refractivity contribution in [3.63, 3.8) is 0 Å². The van der Waals surface area contributed by atoms with Gasteiger partial charge in [0.1, 0.15) is 0 Å². The molecular weight excluding hydrogens is 167 g/mol. The molecule has 0 unspecified atom stereocenters. The Kier molecular flexibility index (Phi) is 5.11. The van der Waals surface area contributed by atoms with Gasteiger partial charge in [-0.25, -0.2) is 0 Å². The summed E-state index contributed by atoms with van der Waals surface area (Å²) in [5.41, 5.74) is 0. The summed E-state index contributed by atoms with van der Waals surface area (Å²) in [4.78, 5) is 10.3. The molecule has 1 N–H and O–H groups in total. The van der Waals surface area contributed by atoms with Gasteiger partial charge in [0.15, 0.2) is 0 Å². The topological polar surface area (TPSA) is 29.1 Å². The standard InChI is InChI=1S/C4H9NO.Y/c1-2-3-4(5)6;/h2-3H2,1H3,(H2,5,6);/q;+1/p-1. The Bertz CT molecular complexity index is 64.7. The third kappa shape index (κ3) is 4.43. The van der Waals surface area contributed by atoms with E-state index in [1.807, 2.05) is 6.92 Å². The molecule has 0 saturated carbocycles. The Balaban J connectivity index is 3.00. The summed E-state index contributed by atoms with van der Waals surface area (Å²) in [5.74, 6) is 0.185. The fourth-order valence-corrected chi connectivity index (χ4v) is 0.654.